The zero-order valence-electron chi connectivity index (χ0n) is 9.37. The zero-order chi connectivity index (χ0) is 13.4. The van der Waals surface area contributed by atoms with Crippen molar-refractivity contribution in [3.8, 4) is 0 Å². The fraction of sp³-hybridized carbons (Fsp3) is 0.556. The van der Waals surface area contributed by atoms with Crippen LogP contribution in [0.25, 0.3) is 0 Å². The molecular weight excluding hydrogens is 260 g/mol. The molecule has 0 bridgehead atoms. The summed E-state index contributed by atoms with van der Waals surface area (Å²) in [6, 6.07) is 0. The van der Waals surface area contributed by atoms with Crippen LogP contribution in [0.4, 0.5) is 5.82 Å². The molecule has 3 atom stereocenters. The van der Waals surface area contributed by atoms with Crippen LogP contribution in [0, 0.1) is 4.77 Å². The Morgan fingerprint density at radius 3 is 2.78 bits per heavy atom. The number of anilines is 1. The average molecular weight is 274 g/mol. The minimum Gasteiger partial charge on any atom is -0.394 e. The number of hydrogen-bond acceptors (Lipinski definition) is 6. The molecule has 1 aromatic heterocycles. The lowest BCUT2D eigenvalue weighted by atomic mass is 10.2. The van der Waals surface area contributed by atoms with Gasteiger partial charge in [0.15, 0.2) is 4.77 Å². The van der Waals surface area contributed by atoms with Crippen LogP contribution in [-0.4, -0.2) is 44.5 Å². The van der Waals surface area contributed by atoms with E-state index in [4.69, 9.17) is 33.5 Å². The quantitative estimate of drug-likeness (QED) is 0.442. The van der Waals surface area contributed by atoms with Gasteiger partial charge in [-0.15, -0.1) is 0 Å². The number of nitrogens with two attached hydrogens (primary N) is 2. The predicted molar refractivity (Wildman–Crippen MR) is 64.2 cm³/mol. The third kappa shape index (κ3) is 2.01. The number of nitrogens with one attached hydrogen (secondary N) is 1. The van der Waals surface area contributed by atoms with E-state index < -0.39 is 24.3 Å². The van der Waals surface area contributed by atoms with Crippen LogP contribution >= 0.6 is 12.2 Å². The number of ether oxygens (including phenoxy) is 1. The van der Waals surface area contributed by atoms with Crippen molar-refractivity contribution in [3.05, 3.63) is 10.5 Å². The molecule has 9 heteroatoms. The van der Waals surface area contributed by atoms with Crippen molar-refractivity contribution in [3.63, 3.8) is 0 Å². The molecule has 0 unspecified atom stereocenters. The molecule has 1 aliphatic heterocycles. The number of carbonyl (C=O) groups excluding carboxylic acids is 1. The van der Waals surface area contributed by atoms with Gasteiger partial charge in [-0.3, -0.25) is 9.36 Å². The third-order valence-corrected chi connectivity index (χ3v) is 3.18. The molecule has 1 saturated heterocycles. The Morgan fingerprint density at radius 2 is 2.33 bits per heavy atom. The van der Waals surface area contributed by atoms with Gasteiger partial charge in [0.2, 0.25) is 0 Å². The molecular formula is C9H14N4O4S. The highest BCUT2D eigenvalue weighted by molar-refractivity contribution is 7.71. The van der Waals surface area contributed by atoms with Gasteiger partial charge in [-0.1, -0.05) is 0 Å². The third-order valence-electron chi connectivity index (χ3n) is 2.88. The lowest BCUT2D eigenvalue weighted by molar-refractivity contribution is -0.0441. The molecule has 2 heterocycles. The van der Waals surface area contributed by atoms with Crippen molar-refractivity contribution in [2.75, 3.05) is 12.3 Å². The van der Waals surface area contributed by atoms with Crippen LogP contribution < -0.4 is 11.5 Å². The Morgan fingerprint density at radius 1 is 1.67 bits per heavy atom. The van der Waals surface area contributed by atoms with E-state index in [-0.39, 0.29) is 29.3 Å². The first-order valence-electron chi connectivity index (χ1n) is 5.29. The molecule has 18 heavy (non-hydrogen) atoms. The van der Waals surface area contributed by atoms with Crippen molar-refractivity contribution in [2.24, 2.45) is 5.73 Å². The number of amides is 1. The summed E-state index contributed by atoms with van der Waals surface area (Å²) < 4.78 is 6.96. The highest BCUT2D eigenvalue weighted by Crippen LogP contribution is 2.31. The molecule has 2 rings (SSSR count). The van der Waals surface area contributed by atoms with E-state index in [1.165, 1.54) is 4.57 Å². The van der Waals surface area contributed by atoms with Gasteiger partial charge < -0.3 is 31.4 Å². The number of hydrogen-bond donors (Lipinski definition) is 5. The maximum absolute atomic E-state index is 11.1. The van der Waals surface area contributed by atoms with E-state index in [9.17, 15) is 9.90 Å². The standard InChI is InChI=1S/C9H14N4O4S/c10-7-6(8(11)16)12-9(18)13(7)5-1-3(15)4(2-14)17-5/h3-5,14-15H,1-2,10H2,(H2,11,16)(H,12,18)/t3-,4+,5+/m0/s1. The summed E-state index contributed by atoms with van der Waals surface area (Å²) in [5.41, 5.74) is 10.9. The van der Waals surface area contributed by atoms with Gasteiger partial charge >= 0.3 is 0 Å². The first kappa shape index (κ1) is 13.0. The molecule has 8 nitrogen and oxygen atoms in total. The highest BCUT2D eigenvalue weighted by Gasteiger charge is 2.36. The first-order valence-corrected chi connectivity index (χ1v) is 5.70. The molecule has 7 N–H and O–H groups in total. The number of nitrogen functional groups attached to an aromatic ring is 1. The van der Waals surface area contributed by atoms with Gasteiger partial charge in [-0.05, 0) is 12.2 Å². The van der Waals surface area contributed by atoms with Crippen LogP contribution in [-0.2, 0) is 4.74 Å². The summed E-state index contributed by atoms with van der Waals surface area (Å²) in [4.78, 5) is 13.7. The van der Waals surface area contributed by atoms with E-state index in [2.05, 4.69) is 4.98 Å². The lowest BCUT2D eigenvalue weighted by Gasteiger charge is -2.14. The molecule has 100 valence electrons. The minimum atomic E-state index is -0.812. The number of primary amides is 1. The Kier molecular flexibility index (Phi) is 3.39. The molecule has 0 aromatic carbocycles. The van der Waals surface area contributed by atoms with Crippen LogP contribution in [0.15, 0.2) is 0 Å². The molecule has 1 amide bonds. The van der Waals surface area contributed by atoms with Crippen LogP contribution in [0.1, 0.15) is 23.1 Å². The van der Waals surface area contributed by atoms with Crippen LogP contribution in [0.3, 0.4) is 0 Å². The molecule has 1 aliphatic rings. The van der Waals surface area contributed by atoms with Gasteiger partial charge in [-0.25, -0.2) is 0 Å². The number of H-pyrrole nitrogens is 1. The normalized spacial score (nSPS) is 27.6. The minimum absolute atomic E-state index is 0.00513. The van der Waals surface area contributed by atoms with E-state index in [0.29, 0.717) is 0 Å². The maximum atomic E-state index is 11.1. The van der Waals surface area contributed by atoms with Crippen LogP contribution in [0.5, 0.6) is 0 Å². The highest BCUT2D eigenvalue weighted by atomic mass is 32.1. The predicted octanol–water partition coefficient (Wildman–Crippen LogP) is -1.13. The molecule has 0 aliphatic carbocycles. The Bertz CT molecular complexity index is 525. The SMILES string of the molecule is NC(=O)c1[nH]c(=S)n([C@H]2C[C@H](O)[C@@H](CO)O2)c1N. The number of aliphatic hydroxyl groups is 2. The van der Waals surface area contributed by atoms with Gasteiger partial charge in [-0.2, -0.15) is 0 Å². The van der Waals surface area contributed by atoms with E-state index in [0.717, 1.165) is 0 Å². The topological polar surface area (TPSA) is 140 Å². The van der Waals surface area contributed by atoms with Crippen molar-refractivity contribution in [2.45, 2.75) is 24.9 Å². The average Bonchev–Trinajstić information content (AvgIpc) is 2.79. The fourth-order valence-corrected chi connectivity index (χ4v) is 2.29. The smallest absolute Gasteiger partial charge is 0.268 e. The Balaban J connectivity index is 2.36. The number of carbonyl (C=O) groups is 1. The second-order valence-corrected chi connectivity index (χ2v) is 4.43. The zero-order valence-corrected chi connectivity index (χ0v) is 10.2. The summed E-state index contributed by atoms with van der Waals surface area (Å²) in [6.07, 6.45) is -1.91. The largest absolute Gasteiger partial charge is 0.394 e. The lowest BCUT2D eigenvalue weighted by Crippen LogP contribution is -2.24. The molecule has 0 radical (unpaired) electrons. The van der Waals surface area contributed by atoms with Gasteiger partial charge in [0.25, 0.3) is 5.91 Å². The van der Waals surface area contributed by atoms with Crippen LogP contribution in [0.2, 0.25) is 0 Å². The fourth-order valence-electron chi connectivity index (χ4n) is 1.97. The molecule has 1 aromatic rings. The number of nitrogens with zero attached hydrogens (tertiary/aromatic N) is 1. The van der Waals surface area contributed by atoms with E-state index in [1.807, 2.05) is 0 Å². The second-order valence-electron chi connectivity index (χ2n) is 4.04. The summed E-state index contributed by atoms with van der Waals surface area (Å²) in [6.45, 7) is -0.308. The van der Waals surface area contributed by atoms with Gasteiger partial charge in [0, 0.05) is 6.42 Å². The van der Waals surface area contributed by atoms with Gasteiger partial charge in [0.05, 0.1) is 12.7 Å². The Hall–Kier alpha value is -1.42. The number of aromatic amines is 1. The van der Waals surface area contributed by atoms with Crippen molar-refractivity contribution < 1.29 is 19.7 Å². The van der Waals surface area contributed by atoms with E-state index in [1.54, 1.807) is 0 Å². The summed E-state index contributed by atoms with van der Waals surface area (Å²) in [5.74, 6) is -0.669. The molecule has 0 spiro atoms. The summed E-state index contributed by atoms with van der Waals surface area (Å²) in [5, 5.41) is 18.6. The maximum Gasteiger partial charge on any atom is 0.268 e. The summed E-state index contributed by atoms with van der Waals surface area (Å²) >= 11 is 5.03. The van der Waals surface area contributed by atoms with Crippen molar-refractivity contribution in [1.29, 1.82) is 0 Å². The van der Waals surface area contributed by atoms with Crippen molar-refractivity contribution in [1.82, 2.24) is 9.55 Å². The number of aliphatic hydroxyl groups excluding tert-OH is 2. The number of aromatic nitrogens is 2. The summed E-state index contributed by atoms with van der Waals surface area (Å²) in [7, 11) is 0. The first-order chi connectivity index (χ1) is 8.45. The van der Waals surface area contributed by atoms with E-state index >= 15 is 0 Å². The Labute approximate surface area is 107 Å². The molecule has 0 saturated carbocycles. The van der Waals surface area contributed by atoms with Crippen molar-refractivity contribution >= 4 is 23.9 Å². The monoisotopic (exact) mass is 274 g/mol. The van der Waals surface area contributed by atoms with Gasteiger partial charge in [0.1, 0.15) is 23.8 Å². The second kappa shape index (κ2) is 4.69. The molecule has 1 fully saturated rings. The number of imidazole rings is 1. The number of rotatable bonds is 3.